The van der Waals surface area contributed by atoms with Gasteiger partial charge in [0.15, 0.2) is 5.78 Å². The van der Waals surface area contributed by atoms with Crippen LogP contribution >= 0.6 is 11.6 Å². The van der Waals surface area contributed by atoms with Crippen molar-refractivity contribution in [2.45, 2.75) is 19.4 Å². The van der Waals surface area contributed by atoms with E-state index in [0.717, 1.165) is 5.56 Å². The molecule has 1 aliphatic rings. The highest BCUT2D eigenvalue weighted by molar-refractivity contribution is 6.35. The van der Waals surface area contributed by atoms with E-state index in [1.54, 1.807) is 31.5 Å². The van der Waals surface area contributed by atoms with Crippen LogP contribution in [0, 0.1) is 12.7 Å². The molecule has 1 atom stereocenters. The van der Waals surface area contributed by atoms with Crippen molar-refractivity contribution in [1.29, 1.82) is 0 Å². The Morgan fingerprint density at radius 2 is 1.97 bits per heavy atom. The van der Waals surface area contributed by atoms with E-state index in [4.69, 9.17) is 16.4 Å². The summed E-state index contributed by atoms with van der Waals surface area (Å²) in [6.07, 6.45) is 2.84. The first kappa shape index (κ1) is 20.7. The van der Waals surface area contributed by atoms with Gasteiger partial charge in [0.05, 0.1) is 10.7 Å². The van der Waals surface area contributed by atoms with Crippen LogP contribution in [-0.4, -0.2) is 28.5 Å². The second-order valence-electron chi connectivity index (χ2n) is 7.05. The number of aromatic nitrogens is 1. The summed E-state index contributed by atoms with van der Waals surface area (Å²) in [7, 11) is 0. The summed E-state index contributed by atoms with van der Waals surface area (Å²) < 4.78 is 13.1. The van der Waals surface area contributed by atoms with Crippen LogP contribution in [0.3, 0.4) is 0 Å². The highest BCUT2D eigenvalue weighted by Crippen LogP contribution is 2.28. The number of amides is 1. The lowest BCUT2D eigenvalue weighted by Gasteiger charge is -2.13. The van der Waals surface area contributed by atoms with Crippen molar-refractivity contribution >= 4 is 34.7 Å². The summed E-state index contributed by atoms with van der Waals surface area (Å²) in [6.45, 7) is 1.72. The van der Waals surface area contributed by atoms with Crippen LogP contribution in [0.4, 0.5) is 10.1 Å². The van der Waals surface area contributed by atoms with Crippen LogP contribution in [0.2, 0.25) is 5.02 Å². The number of pyridine rings is 1. The maximum atomic E-state index is 13.1. The van der Waals surface area contributed by atoms with Crippen molar-refractivity contribution in [3.05, 3.63) is 94.0 Å². The van der Waals surface area contributed by atoms with Crippen molar-refractivity contribution in [2.24, 2.45) is 5.16 Å². The van der Waals surface area contributed by atoms with Crippen molar-refractivity contribution < 1.29 is 18.8 Å². The maximum Gasteiger partial charge on any atom is 0.268 e. The summed E-state index contributed by atoms with van der Waals surface area (Å²) in [5.41, 5.74) is 3.06. The van der Waals surface area contributed by atoms with Crippen molar-refractivity contribution in [1.82, 2.24) is 4.98 Å². The van der Waals surface area contributed by atoms with E-state index < -0.39 is 11.9 Å². The van der Waals surface area contributed by atoms with Crippen LogP contribution in [0.25, 0.3) is 0 Å². The SMILES string of the molecule is Cc1cc(NC(=O)C2CC(c3cccnc3)=NO2)cc(Cl)c1C(=O)c1ccc(F)cc1. The summed E-state index contributed by atoms with van der Waals surface area (Å²) in [5, 5.41) is 6.92. The number of rotatable bonds is 5. The zero-order chi connectivity index (χ0) is 22.0. The number of hydrogen-bond acceptors (Lipinski definition) is 5. The molecule has 0 bridgehead atoms. The van der Waals surface area contributed by atoms with Crippen LogP contribution in [0.15, 0.2) is 66.1 Å². The Hall–Kier alpha value is -3.58. The predicted octanol–water partition coefficient (Wildman–Crippen LogP) is 4.55. The molecule has 1 unspecified atom stereocenters. The molecule has 4 rings (SSSR count). The molecule has 0 saturated carbocycles. The quantitative estimate of drug-likeness (QED) is 0.594. The number of carbonyl (C=O) groups excluding carboxylic acids is 2. The van der Waals surface area contributed by atoms with Crippen molar-refractivity contribution in [3.8, 4) is 0 Å². The van der Waals surface area contributed by atoms with Gasteiger partial charge in [-0.3, -0.25) is 14.6 Å². The van der Waals surface area contributed by atoms with Crippen molar-refractivity contribution in [2.75, 3.05) is 5.32 Å². The topological polar surface area (TPSA) is 80.7 Å². The first-order valence-electron chi connectivity index (χ1n) is 9.47. The number of nitrogens with zero attached hydrogens (tertiary/aromatic N) is 2. The third kappa shape index (κ3) is 4.46. The molecule has 0 radical (unpaired) electrons. The molecule has 1 aliphatic heterocycles. The fraction of sp³-hybridized carbons (Fsp3) is 0.130. The molecule has 2 heterocycles. The minimum absolute atomic E-state index is 0.185. The zero-order valence-electron chi connectivity index (χ0n) is 16.4. The minimum Gasteiger partial charge on any atom is -0.382 e. The van der Waals surface area contributed by atoms with Gasteiger partial charge < -0.3 is 10.2 Å². The molecule has 2 aromatic carbocycles. The smallest absolute Gasteiger partial charge is 0.268 e. The van der Waals surface area contributed by atoms with E-state index in [-0.39, 0.29) is 16.7 Å². The van der Waals surface area contributed by atoms with Gasteiger partial charge in [0.1, 0.15) is 5.82 Å². The molecular weight excluding hydrogens is 421 g/mol. The van der Waals surface area contributed by atoms with Gasteiger partial charge in [-0.2, -0.15) is 0 Å². The van der Waals surface area contributed by atoms with E-state index in [9.17, 15) is 14.0 Å². The van der Waals surface area contributed by atoms with Gasteiger partial charge in [0, 0.05) is 41.2 Å². The Kier molecular flexibility index (Phi) is 5.77. The lowest BCUT2D eigenvalue weighted by Crippen LogP contribution is -2.28. The Bertz CT molecular complexity index is 1160. The molecule has 1 amide bonds. The summed E-state index contributed by atoms with van der Waals surface area (Å²) in [5.74, 6) is -1.13. The third-order valence-electron chi connectivity index (χ3n) is 4.84. The average molecular weight is 438 g/mol. The largest absolute Gasteiger partial charge is 0.382 e. The molecule has 0 spiro atoms. The fourth-order valence-corrected chi connectivity index (χ4v) is 3.65. The number of hydrogen-bond donors (Lipinski definition) is 1. The van der Waals surface area contributed by atoms with Crippen LogP contribution < -0.4 is 5.32 Å². The van der Waals surface area contributed by atoms with E-state index in [0.29, 0.717) is 34.5 Å². The second-order valence-corrected chi connectivity index (χ2v) is 7.46. The molecule has 8 heteroatoms. The molecule has 6 nitrogen and oxygen atoms in total. The standard InChI is InChI=1S/C23H17ClFN3O3/c1-13-9-17(10-18(24)21(13)22(29)14-4-6-16(25)7-5-14)27-23(30)20-11-19(28-31-20)15-3-2-8-26-12-15/h2-10,12,20H,11H2,1H3,(H,27,30). The summed E-state index contributed by atoms with van der Waals surface area (Å²) >= 11 is 6.35. The second kappa shape index (κ2) is 8.65. The van der Waals surface area contributed by atoms with Gasteiger partial charge in [-0.1, -0.05) is 16.8 Å². The molecular formula is C23H17ClFN3O3. The third-order valence-corrected chi connectivity index (χ3v) is 5.14. The zero-order valence-corrected chi connectivity index (χ0v) is 17.2. The normalized spacial score (nSPS) is 15.2. The van der Waals surface area contributed by atoms with Crippen LogP contribution in [0.5, 0.6) is 0 Å². The van der Waals surface area contributed by atoms with Gasteiger partial charge in [-0.15, -0.1) is 0 Å². The number of nitrogens with one attached hydrogen (secondary N) is 1. The van der Waals surface area contributed by atoms with Crippen LogP contribution in [0.1, 0.15) is 33.5 Å². The van der Waals surface area contributed by atoms with Gasteiger partial charge in [-0.05, 0) is 61.0 Å². The van der Waals surface area contributed by atoms with Crippen LogP contribution in [-0.2, 0) is 9.63 Å². The molecule has 0 saturated heterocycles. The average Bonchev–Trinajstić information content (AvgIpc) is 3.25. The van der Waals surface area contributed by atoms with Gasteiger partial charge in [-0.25, -0.2) is 4.39 Å². The number of halogens is 2. The Balaban J connectivity index is 1.47. The highest BCUT2D eigenvalue weighted by Gasteiger charge is 2.29. The van der Waals surface area contributed by atoms with Gasteiger partial charge in [0.25, 0.3) is 5.91 Å². The van der Waals surface area contributed by atoms with Crippen molar-refractivity contribution in [3.63, 3.8) is 0 Å². The minimum atomic E-state index is -0.783. The first-order valence-corrected chi connectivity index (χ1v) is 9.84. The molecule has 156 valence electrons. The summed E-state index contributed by atoms with van der Waals surface area (Å²) in [6, 6.07) is 12.0. The molecule has 1 N–H and O–H groups in total. The Labute approximate surface area is 182 Å². The van der Waals surface area contributed by atoms with E-state index >= 15 is 0 Å². The number of carbonyl (C=O) groups is 2. The molecule has 1 aromatic heterocycles. The first-order chi connectivity index (χ1) is 14.9. The molecule has 31 heavy (non-hydrogen) atoms. The number of ketones is 1. The maximum absolute atomic E-state index is 13.1. The van der Waals surface area contributed by atoms with E-state index in [1.807, 2.05) is 6.07 Å². The Morgan fingerprint density at radius 3 is 2.65 bits per heavy atom. The number of anilines is 1. The van der Waals surface area contributed by atoms with E-state index in [2.05, 4.69) is 15.5 Å². The van der Waals surface area contributed by atoms with Gasteiger partial charge in [0.2, 0.25) is 6.10 Å². The number of oxime groups is 1. The monoisotopic (exact) mass is 437 g/mol. The predicted molar refractivity (Wildman–Crippen MR) is 115 cm³/mol. The summed E-state index contributed by atoms with van der Waals surface area (Å²) in [4.78, 5) is 34.7. The van der Waals surface area contributed by atoms with E-state index in [1.165, 1.54) is 30.3 Å². The fourth-order valence-electron chi connectivity index (χ4n) is 3.29. The lowest BCUT2D eigenvalue weighted by atomic mass is 9.98. The highest BCUT2D eigenvalue weighted by atomic mass is 35.5. The molecule has 0 aliphatic carbocycles. The molecule has 3 aromatic rings. The Morgan fingerprint density at radius 1 is 1.19 bits per heavy atom. The van der Waals surface area contributed by atoms with Gasteiger partial charge >= 0.3 is 0 Å². The number of benzene rings is 2. The lowest BCUT2D eigenvalue weighted by molar-refractivity contribution is -0.125. The number of aryl methyl sites for hydroxylation is 1. The molecule has 0 fully saturated rings.